The van der Waals surface area contributed by atoms with Crippen LogP contribution in [0.15, 0.2) is 30.3 Å². The van der Waals surface area contributed by atoms with Gasteiger partial charge in [-0.1, -0.05) is 18.2 Å². The Balaban J connectivity index is 2.07. The minimum Gasteiger partial charge on any atom is -0.481 e. The second-order valence-corrected chi connectivity index (χ2v) is 5.24. The van der Waals surface area contributed by atoms with Gasteiger partial charge in [-0.2, -0.15) is 5.26 Å². The van der Waals surface area contributed by atoms with Crippen LogP contribution in [0, 0.1) is 16.7 Å². The van der Waals surface area contributed by atoms with Gasteiger partial charge in [-0.15, -0.1) is 0 Å². The number of aliphatic carboxylic acids is 1. The summed E-state index contributed by atoms with van der Waals surface area (Å²) >= 11 is 0. The Morgan fingerprint density at radius 2 is 2.05 bits per heavy atom. The molecule has 1 fully saturated rings. The maximum absolute atomic E-state index is 10.8. The van der Waals surface area contributed by atoms with E-state index in [0.29, 0.717) is 13.0 Å². The molecule has 1 N–H and O–H groups in total. The molecule has 0 saturated heterocycles. The maximum Gasteiger partial charge on any atom is 0.305 e. The van der Waals surface area contributed by atoms with E-state index in [-0.39, 0.29) is 11.8 Å². The highest BCUT2D eigenvalue weighted by Gasteiger charge is 2.43. The molecule has 0 spiro atoms. The predicted molar refractivity (Wildman–Crippen MR) is 72.8 cm³/mol. The van der Waals surface area contributed by atoms with Crippen LogP contribution in [-0.2, 0) is 4.79 Å². The number of hydrogen-bond acceptors (Lipinski definition) is 3. The van der Waals surface area contributed by atoms with Gasteiger partial charge in [0.1, 0.15) is 0 Å². The van der Waals surface area contributed by atoms with E-state index in [2.05, 4.69) is 11.0 Å². The Kier molecular flexibility index (Phi) is 4.06. The number of carboxylic acids is 1. The highest BCUT2D eigenvalue weighted by atomic mass is 16.4. The fourth-order valence-electron chi connectivity index (χ4n) is 2.31. The van der Waals surface area contributed by atoms with Gasteiger partial charge in [0.05, 0.1) is 12.5 Å². The van der Waals surface area contributed by atoms with E-state index in [1.807, 2.05) is 30.3 Å². The lowest BCUT2D eigenvalue weighted by Gasteiger charge is -2.28. The van der Waals surface area contributed by atoms with Crippen LogP contribution in [0.5, 0.6) is 0 Å². The zero-order valence-corrected chi connectivity index (χ0v) is 10.9. The standard InChI is InChI=1S/C15H18N2O2/c16-10-9-15(7-8-15)12-17(11-6-14(18)19)13-4-2-1-3-5-13/h1-5H,6-9,11-12H2,(H,18,19). The van der Waals surface area contributed by atoms with Crippen molar-refractivity contribution in [3.05, 3.63) is 30.3 Å². The fraction of sp³-hybridized carbons (Fsp3) is 0.467. The molecule has 0 bridgehead atoms. The number of carboxylic acid groups (broad SMARTS) is 1. The van der Waals surface area contributed by atoms with Crippen molar-refractivity contribution < 1.29 is 9.90 Å². The van der Waals surface area contributed by atoms with Gasteiger partial charge in [0.15, 0.2) is 0 Å². The van der Waals surface area contributed by atoms with Crippen LogP contribution in [0.4, 0.5) is 5.69 Å². The topological polar surface area (TPSA) is 64.3 Å². The summed E-state index contributed by atoms with van der Waals surface area (Å²) in [6, 6.07) is 12.1. The van der Waals surface area contributed by atoms with Gasteiger partial charge >= 0.3 is 5.97 Å². The third-order valence-corrected chi connectivity index (χ3v) is 3.65. The lowest BCUT2D eigenvalue weighted by atomic mass is 10.0. The smallest absolute Gasteiger partial charge is 0.305 e. The maximum atomic E-state index is 10.8. The summed E-state index contributed by atoms with van der Waals surface area (Å²) in [6.45, 7) is 1.27. The minimum absolute atomic E-state index is 0.0864. The number of nitrogens with zero attached hydrogens (tertiary/aromatic N) is 2. The molecule has 0 aliphatic heterocycles. The summed E-state index contributed by atoms with van der Waals surface area (Å²) in [5.41, 5.74) is 1.12. The summed E-state index contributed by atoms with van der Waals surface area (Å²) in [6.07, 6.45) is 2.81. The Morgan fingerprint density at radius 3 is 2.58 bits per heavy atom. The van der Waals surface area contributed by atoms with Gasteiger partial charge in [-0.25, -0.2) is 0 Å². The molecule has 0 unspecified atom stereocenters. The molecule has 0 atom stereocenters. The highest BCUT2D eigenvalue weighted by Crippen LogP contribution is 2.49. The van der Waals surface area contributed by atoms with E-state index < -0.39 is 5.97 Å². The minimum atomic E-state index is -0.786. The van der Waals surface area contributed by atoms with E-state index in [9.17, 15) is 4.79 Å². The lowest BCUT2D eigenvalue weighted by molar-refractivity contribution is -0.136. The number of rotatable bonds is 7. The van der Waals surface area contributed by atoms with Gasteiger partial charge in [0.25, 0.3) is 0 Å². The summed E-state index contributed by atoms with van der Waals surface area (Å²) < 4.78 is 0. The molecule has 1 saturated carbocycles. The van der Waals surface area contributed by atoms with E-state index in [1.165, 1.54) is 0 Å². The molecular formula is C15H18N2O2. The average molecular weight is 258 g/mol. The van der Waals surface area contributed by atoms with Gasteiger partial charge in [0, 0.05) is 30.6 Å². The Labute approximate surface area is 113 Å². The molecule has 2 rings (SSSR count). The van der Waals surface area contributed by atoms with Crippen molar-refractivity contribution in [1.29, 1.82) is 5.26 Å². The Morgan fingerprint density at radius 1 is 1.37 bits per heavy atom. The molecule has 1 aromatic carbocycles. The first-order chi connectivity index (χ1) is 9.15. The van der Waals surface area contributed by atoms with E-state index in [0.717, 1.165) is 25.1 Å². The van der Waals surface area contributed by atoms with Crippen molar-refractivity contribution in [2.45, 2.75) is 25.7 Å². The van der Waals surface area contributed by atoms with Gasteiger partial charge in [-0.05, 0) is 25.0 Å². The molecule has 100 valence electrons. The normalized spacial score (nSPS) is 15.5. The first kappa shape index (κ1) is 13.4. The van der Waals surface area contributed by atoms with Crippen LogP contribution in [0.1, 0.15) is 25.7 Å². The molecular weight excluding hydrogens is 240 g/mol. The van der Waals surface area contributed by atoms with Crippen molar-refractivity contribution >= 4 is 11.7 Å². The molecule has 1 aromatic rings. The summed E-state index contributed by atoms with van der Waals surface area (Å²) in [7, 11) is 0. The summed E-state index contributed by atoms with van der Waals surface area (Å²) in [4.78, 5) is 12.9. The molecule has 0 amide bonds. The number of para-hydroxylation sites is 1. The van der Waals surface area contributed by atoms with Gasteiger partial charge in [0.2, 0.25) is 0 Å². The van der Waals surface area contributed by atoms with Gasteiger partial charge in [-0.3, -0.25) is 4.79 Å². The van der Waals surface area contributed by atoms with Crippen LogP contribution in [0.3, 0.4) is 0 Å². The predicted octanol–water partition coefficient (Wildman–Crippen LogP) is 2.66. The molecule has 0 aromatic heterocycles. The molecule has 0 heterocycles. The number of anilines is 1. The molecule has 4 nitrogen and oxygen atoms in total. The summed E-state index contributed by atoms with van der Waals surface area (Å²) in [5, 5.41) is 17.7. The SMILES string of the molecule is N#CCC1(CN(CCC(=O)O)c2ccccc2)CC1. The van der Waals surface area contributed by atoms with Crippen LogP contribution >= 0.6 is 0 Å². The molecule has 19 heavy (non-hydrogen) atoms. The zero-order valence-electron chi connectivity index (χ0n) is 10.9. The van der Waals surface area contributed by atoms with Crippen LogP contribution in [0.2, 0.25) is 0 Å². The highest BCUT2D eigenvalue weighted by molar-refractivity contribution is 5.67. The average Bonchev–Trinajstić information content (AvgIpc) is 3.16. The fourth-order valence-corrected chi connectivity index (χ4v) is 2.31. The number of carbonyl (C=O) groups is 1. The number of hydrogen-bond donors (Lipinski definition) is 1. The van der Waals surface area contributed by atoms with E-state index >= 15 is 0 Å². The second kappa shape index (κ2) is 5.75. The third kappa shape index (κ3) is 3.72. The largest absolute Gasteiger partial charge is 0.481 e. The first-order valence-electron chi connectivity index (χ1n) is 6.54. The van der Waals surface area contributed by atoms with Crippen molar-refractivity contribution in [2.75, 3.05) is 18.0 Å². The molecule has 0 radical (unpaired) electrons. The second-order valence-electron chi connectivity index (χ2n) is 5.24. The van der Waals surface area contributed by atoms with Crippen molar-refractivity contribution in [3.63, 3.8) is 0 Å². The van der Waals surface area contributed by atoms with Crippen LogP contribution < -0.4 is 4.90 Å². The van der Waals surface area contributed by atoms with Crippen LogP contribution in [-0.4, -0.2) is 24.2 Å². The van der Waals surface area contributed by atoms with E-state index in [4.69, 9.17) is 10.4 Å². The third-order valence-electron chi connectivity index (χ3n) is 3.65. The van der Waals surface area contributed by atoms with E-state index in [1.54, 1.807) is 0 Å². The number of nitriles is 1. The molecule has 1 aliphatic rings. The van der Waals surface area contributed by atoms with Crippen molar-refractivity contribution in [2.24, 2.45) is 5.41 Å². The van der Waals surface area contributed by atoms with Crippen molar-refractivity contribution in [3.8, 4) is 6.07 Å². The van der Waals surface area contributed by atoms with Gasteiger partial charge < -0.3 is 10.0 Å². The van der Waals surface area contributed by atoms with Crippen molar-refractivity contribution in [1.82, 2.24) is 0 Å². The van der Waals surface area contributed by atoms with Crippen LogP contribution in [0.25, 0.3) is 0 Å². The monoisotopic (exact) mass is 258 g/mol. The molecule has 1 aliphatic carbocycles. The first-order valence-corrected chi connectivity index (χ1v) is 6.54. The number of benzene rings is 1. The summed E-state index contributed by atoms with van der Waals surface area (Å²) in [5.74, 6) is -0.786. The molecule has 4 heteroatoms. The lowest BCUT2D eigenvalue weighted by Crippen LogP contribution is -2.32. The Hall–Kier alpha value is -2.02. The quantitative estimate of drug-likeness (QED) is 0.816. The zero-order chi connectivity index (χ0) is 13.7. The Bertz CT molecular complexity index is 475.